The van der Waals surface area contributed by atoms with Gasteiger partial charge in [-0.15, -0.1) is 0 Å². The molecule has 1 aliphatic carbocycles. The van der Waals surface area contributed by atoms with Gasteiger partial charge in [0, 0.05) is 0 Å². The topological polar surface area (TPSA) is 83.6 Å². The van der Waals surface area contributed by atoms with E-state index < -0.39 is 12.9 Å². The van der Waals surface area contributed by atoms with Gasteiger partial charge in [-0.05, 0) is 24.0 Å². The van der Waals surface area contributed by atoms with Crippen molar-refractivity contribution in [2.24, 2.45) is 5.73 Å². The van der Waals surface area contributed by atoms with Crippen molar-refractivity contribution in [1.29, 1.82) is 0 Å². The number of benzene rings is 1. The fraction of sp³-hybridized carbons (Fsp3) is 0.333. The summed E-state index contributed by atoms with van der Waals surface area (Å²) in [6, 6.07) is 7.16. The number of nitrogens with two attached hydrogens (primary N) is 1. The zero-order valence-corrected chi connectivity index (χ0v) is 8.45. The molecule has 0 fully saturated rings. The Kier molecular flexibility index (Phi) is 2.05. The van der Waals surface area contributed by atoms with Gasteiger partial charge in [-0.2, -0.15) is 0 Å². The van der Waals surface area contributed by atoms with Gasteiger partial charge in [0.1, 0.15) is 5.28 Å². The maximum atomic E-state index is 11.3. The summed E-state index contributed by atoms with van der Waals surface area (Å²) in [5.74, 6) is 0. The molecule has 4 N–H and O–H groups in total. The summed E-state index contributed by atoms with van der Waals surface area (Å²) in [7, 11) is -4.28. The molecular formula is C9H12NO3P. The lowest BCUT2D eigenvalue weighted by molar-refractivity contribution is 0.325. The molecule has 0 aromatic heterocycles. The third-order valence-electron chi connectivity index (χ3n) is 2.78. The second-order valence-electron chi connectivity index (χ2n) is 3.63. The molecule has 5 heteroatoms. The maximum absolute atomic E-state index is 11.3. The van der Waals surface area contributed by atoms with Crippen LogP contribution in [-0.2, 0) is 16.3 Å². The van der Waals surface area contributed by atoms with Gasteiger partial charge in [-0.3, -0.25) is 4.57 Å². The zero-order valence-electron chi connectivity index (χ0n) is 7.55. The highest BCUT2D eigenvalue weighted by molar-refractivity contribution is 7.53. The van der Waals surface area contributed by atoms with E-state index in [1.54, 1.807) is 12.1 Å². The van der Waals surface area contributed by atoms with Crippen molar-refractivity contribution in [3.8, 4) is 0 Å². The second-order valence-corrected chi connectivity index (χ2v) is 5.51. The standard InChI is InChI=1S/C9H12NO3P/c10-9(14(11,12)13)6-5-7-3-1-2-4-8(7)9/h1-4H,5-6,10H2,(H2,11,12,13)/t9-/m1/s1. The van der Waals surface area contributed by atoms with Crippen LogP contribution in [0, 0.1) is 0 Å². The normalized spacial score (nSPS) is 26.2. The summed E-state index contributed by atoms with van der Waals surface area (Å²) >= 11 is 0. The molecule has 0 radical (unpaired) electrons. The van der Waals surface area contributed by atoms with Crippen molar-refractivity contribution in [3.63, 3.8) is 0 Å². The SMILES string of the molecule is N[C@@]1(P(=O)(O)O)CCc2ccccc21. The van der Waals surface area contributed by atoms with E-state index in [2.05, 4.69) is 0 Å². The Balaban J connectivity index is 2.59. The molecule has 76 valence electrons. The lowest BCUT2D eigenvalue weighted by Gasteiger charge is -2.26. The molecular weight excluding hydrogens is 201 g/mol. The van der Waals surface area contributed by atoms with E-state index in [0.717, 1.165) is 5.56 Å². The van der Waals surface area contributed by atoms with Crippen LogP contribution in [0.4, 0.5) is 0 Å². The molecule has 0 aliphatic heterocycles. The Morgan fingerprint density at radius 3 is 2.64 bits per heavy atom. The van der Waals surface area contributed by atoms with E-state index in [0.29, 0.717) is 18.4 Å². The number of aryl methyl sites for hydroxylation is 1. The van der Waals surface area contributed by atoms with Gasteiger partial charge < -0.3 is 15.5 Å². The lowest BCUT2D eigenvalue weighted by Crippen LogP contribution is -2.33. The third kappa shape index (κ3) is 1.23. The van der Waals surface area contributed by atoms with Crippen LogP contribution in [0.1, 0.15) is 17.5 Å². The van der Waals surface area contributed by atoms with Crippen molar-refractivity contribution in [1.82, 2.24) is 0 Å². The average molecular weight is 213 g/mol. The first kappa shape index (κ1) is 9.87. The van der Waals surface area contributed by atoms with E-state index >= 15 is 0 Å². The fourth-order valence-electron chi connectivity index (χ4n) is 1.92. The van der Waals surface area contributed by atoms with Crippen LogP contribution in [0.15, 0.2) is 24.3 Å². The first-order chi connectivity index (χ1) is 6.45. The molecule has 1 aliphatic rings. The molecule has 0 amide bonds. The Morgan fingerprint density at radius 2 is 2.00 bits per heavy atom. The van der Waals surface area contributed by atoms with Crippen molar-refractivity contribution in [2.75, 3.05) is 0 Å². The number of rotatable bonds is 1. The Morgan fingerprint density at radius 1 is 1.36 bits per heavy atom. The predicted molar refractivity (Wildman–Crippen MR) is 52.7 cm³/mol. The van der Waals surface area contributed by atoms with Gasteiger partial charge in [-0.25, -0.2) is 0 Å². The smallest absolute Gasteiger partial charge is 0.323 e. The van der Waals surface area contributed by atoms with Crippen molar-refractivity contribution in [3.05, 3.63) is 35.4 Å². The monoisotopic (exact) mass is 213 g/mol. The lowest BCUT2D eigenvalue weighted by atomic mass is 10.1. The quantitative estimate of drug-likeness (QED) is 0.606. The molecule has 4 nitrogen and oxygen atoms in total. The summed E-state index contributed by atoms with van der Waals surface area (Å²) in [4.78, 5) is 18.4. The van der Waals surface area contributed by atoms with E-state index in [9.17, 15) is 14.4 Å². The van der Waals surface area contributed by atoms with Gasteiger partial charge in [0.25, 0.3) is 0 Å². The minimum atomic E-state index is -4.28. The number of fused-ring (bicyclic) bond motifs is 1. The number of hydrogen-bond acceptors (Lipinski definition) is 2. The van der Waals surface area contributed by atoms with E-state index in [1.807, 2.05) is 12.1 Å². The third-order valence-corrected chi connectivity index (χ3v) is 4.28. The molecule has 14 heavy (non-hydrogen) atoms. The average Bonchev–Trinajstić information content (AvgIpc) is 2.45. The molecule has 0 heterocycles. The Bertz CT molecular complexity index is 414. The summed E-state index contributed by atoms with van der Waals surface area (Å²) in [5, 5.41) is -1.47. The van der Waals surface area contributed by atoms with Crippen LogP contribution >= 0.6 is 7.60 Å². The van der Waals surface area contributed by atoms with Crippen LogP contribution in [0.2, 0.25) is 0 Å². The van der Waals surface area contributed by atoms with Gasteiger partial charge in [-0.1, -0.05) is 24.3 Å². The van der Waals surface area contributed by atoms with Crippen molar-refractivity contribution >= 4 is 7.60 Å². The van der Waals surface area contributed by atoms with E-state index in [-0.39, 0.29) is 0 Å². The van der Waals surface area contributed by atoms with Crippen molar-refractivity contribution in [2.45, 2.75) is 18.1 Å². The summed E-state index contributed by atoms with van der Waals surface area (Å²) in [6.45, 7) is 0. The van der Waals surface area contributed by atoms with E-state index in [1.165, 1.54) is 0 Å². The summed E-state index contributed by atoms with van der Waals surface area (Å²) in [5.41, 5.74) is 7.32. The van der Waals surface area contributed by atoms with Gasteiger partial charge in [0.2, 0.25) is 0 Å². The maximum Gasteiger partial charge on any atom is 0.349 e. The molecule has 0 bridgehead atoms. The first-order valence-corrected chi connectivity index (χ1v) is 5.99. The van der Waals surface area contributed by atoms with Crippen LogP contribution in [0.3, 0.4) is 0 Å². The fourth-order valence-corrected chi connectivity index (χ4v) is 2.86. The van der Waals surface area contributed by atoms with Crippen LogP contribution in [0.5, 0.6) is 0 Å². The van der Waals surface area contributed by atoms with Gasteiger partial charge >= 0.3 is 7.60 Å². The highest BCUT2D eigenvalue weighted by Crippen LogP contribution is 2.59. The second kappa shape index (κ2) is 2.91. The Hall–Kier alpha value is -0.670. The predicted octanol–water partition coefficient (Wildman–Crippen LogP) is 0.922. The molecule has 1 aromatic rings. The van der Waals surface area contributed by atoms with E-state index in [4.69, 9.17) is 5.73 Å². The highest BCUT2D eigenvalue weighted by atomic mass is 31.2. The van der Waals surface area contributed by atoms with Crippen LogP contribution in [0.25, 0.3) is 0 Å². The number of hydrogen-bond donors (Lipinski definition) is 3. The molecule has 0 saturated heterocycles. The molecule has 1 aromatic carbocycles. The van der Waals surface area contributed by atoms with Crippen molar-refractivity contribution < 1.29 is 14.4 Å². The summed E-state index contributed by atoms with van der Waals surface area (Å²) in [6.07, 6.45) is 0.953. The first-order valence-electron chi connectivity index (χ1n) is 4.38. The molecule has 2 rings (SSSR count). The van der Waals surface area contributed by atoms with Crippen LogP contribution in [-0.4, -0.2) is 9.79 Å². The highest BCUT2D eigenvalue weighted by Gasteiger charge is 2.48. The molecule has 1 atom stereocenters. The minimum Gasteiger partial charge on any atom is -0.323 e. The zero-order chi connectivity index (χ0) is 10.4. The summed E-state index contributed by atoms with van der Waals surface area (Å²) < 4.78 is 11.3. The molecule has 0 saturated carbocycles. The minimum absolute atomic E-state index is 0.316. The molecule has 0 spiro atoms. The Labute approximate surface area is 81.9 Å². The van der Waals surface area contributed by atoms with Gasteiger partial charge in [0.15, 0.2) is 0 Å². The molecule has 0 unspecified atom stereocenters. The van der Waals surface area contributed by atoms with Gasteiger partial charge in [0.05, 0.1) is 0 Å². The largest absolute Gasteiger partial charge is 0.349 e. The van der Waals surface area contributed by atoms with Crippen LogP contribution < -0.4 is 5.73 Å².